The van der Waals surface area contributed by atoms with Crippen molar-refractivity contribution in [1.82, 2.24) is 9.88 Å². The number of hydrogen-bond acceptors (Lipinski definition) is 5. The SMILES string of the molecule is COc1ccc2ncc(CF)c([C@H](F)CCC3(CC(=O)O)CCN(CCOc4cc(F)c(F)c(F)c4)CC3)c2c1. The minimum atomic E-state index is -1.56. The molecule has 3 aromatic rings. The molecule has 6 nitrogen and oxygen atoms in total. The molecule has 1 N–H and O–H groups in total. The number of carboxylic acid groups (broad SMARTS) is 1. The molecule has 0 saturated carbocycles. The van der Waals surface area contributed by atoms with E-state index in [2.05, 4.69) is 4.98 Å². The first kappa shape index (κ1) is 29.5. The van der Waals surface area contributed by atoms with Crippen LogP contribution in [-0.4, -0.2) is 54.3 Å². The highest BCUT2D eigenvalue weighted by Crippen LogP contribution is 2.43. The lowest BCUT2D eigenvalue weighted by molar-refractivity contribution is -0.141. The van der Waals surface area contributed by atoms with E-state index >= 15 is 4.39 Å². The maximum absolute atomic E-state index is 15.8. The molecule has 2 aromatic carbocycles. The summed E-state index contributed by atoms with van der Waals surface area (Å²) in [6.45, 7) is 0.647. The average Bonchev–Trinajstić information content (AvgIpc) is 2.94. The van der Waals surface area contributed by atoms with Gasteiger partial charge in [0.1, 0.15) is 31.0 Å². The second-order valence-electron chi connectivity index (χ2n) is 10.2. The summed E-state index contributed by atoms with van der Waals surface area (Å²) < 4.78 is 80.2. The zero-order valence-corrected chi connectivity index (χ0v) is 22.1. The number of aromatic nitrogens is 1. The molecular formula is C29H31F5N2O4. The first-order valence-corrected chi connectivity index (χ1v) is 13.0. The minimum Gasteiger partial charge on any atom is -0.497 e. The molecule has 0 unspecified atom stereocenters. The van der Waals surface area contributed by atoms with E-state index in [0.29, 0.717) is 55.5 Å². The van der Waals surface area contributed by atoms with Gasteiger partial charge in [-0.1, -0.05) is 0 Å². The van der Waals surface area contributed by atoms with Crippen LogP contribution in [0.4, 0.5) is 22.0 Å². The lowest BCUT2D eigenvalue weighted by Crippen LogP contribution is -2.42. The number of nitrogens with zero attached hydrogens (tertiary/aromatic N) is 2. The second kappa shape index (κ2) is 12.8. The Labute approximate surface area is 228 Å². The van der Waals surface area contributed by atoms with Crippen LogP contribution in [0.5, 0.6) is 11.5 Å². The third kappa shape index (κ3) is 6.80. The third-order valence-corrected chi connectivity index (χ3v) is 7.66. The van der Waals surface area contributed by atoms with Crippen LogP contribution in [0, 0.1) is 22.9 Å². The molecule has 0 radical (unpaired) electrons. The molecule has 1 saturated heterocycles. The van der Waals surface area contributed by atoms with E-state index in [0.717, 1.165) is 12.1 Å². The molecule has 4 rings (SSSR count). The zero-order chi connectivity index (χ0) is 28.9. The van der Waals surface area contributed by atoms with Crippen molar-refractivity contribution >= 4 is 16.9 Å². The molecule has 1 aliphatic rings. The Balaban J connectivity index is 1.40. The van der Waals surface area contributed by atoms with E-state index < -0.39 is 41.7 Å². The van der Waals surface area contributed by atoms with E-state index in [1.807, 2.05) is 4.90 Å². The largest absolute Gasteiger partial charge is 0.497 e. The number of benzene rings is 2. The lowest BCUT2D eigenvalue weighted by atomic mass is 9.71. The van der Waals surface area contributed by atoms with Crippen molar-refractivity contribution in [1.29, 1.82) is 0 Å². The van der Waals surface area contributed by atoms with E-state index in [1.165, 1.54) is 13.3 Å². The van der Waals surface area contributed by atoms with Gasteiger partial charge in [-0.3, -0.25) is 14.7 Å². The third-order valence-electron chi connectivity index (χ3n) is 7.66. The van der Waals surface area contributed by atoms with E-state index in [9.17, 15) is 27.5 Å². The highest BCUT2D eigenvalue weighted by atomic mass is 19.2. The number of hydrogen-bond donors (Lipinski definition) is 1. The van der Waals surface area contributed by atoms with Crippen LogP contribution in [0.2, 0.25) is 0 Å². The van der Waals surface area contributed by atoms with Gasteiger partial charge in [-0.15, -0.1) is 0 Å². The van der Waals surface area contributed by atoms with Crippen LogP contribution in [0.25, 0.3) is 10.9 Å². The van der Waals surface area contributed by atoms with Crippen LogP contribution in [-0.2, 0) is 11.5 Å². The van der Waals surface area contributed by atoms with Crippen molar-refractivity contribution in [2.24, 2.45) is 5.41 Å². The summed E-state index contributed by atoms with van der Waals surface area (Å²) in [4.78, 5) is 18.0. The van der Waals surface area contributed by atoms with Crippen LogP contribution in [0.15, 0.2) is 36.5 Å². The topological polar surface area (TPSA) is 71.9 Å². The first-order valence-electron chi connectivity index (χ1n) is 13.0. The molecule has 0 spiro atoms. The summed E-state index contributed by atoms with van der Waals surface area (Å²) in [7, 11) is 1.48. The first-order chi connectivity index (χ1) is 19.1. The Morgan fingerprint density at radius 3 is 2.45 bits per heavy atom. The zero-order valence-electron chi connectivity index (χ0n) is 22.1. The molecular weight excluding hydrogens is 535 g/mol. The maximum atomic E-state index is 15.8. The Morgan fingerprint density at radius 2 is 1.82 bits per heavy atom. The Bertz CT molecular complexity index is 1320. The van der Waals surface area contributed by atoms with Crippen LogP contribution >= 0.6 is 0 Å². The van der Waals surface area contributed by atoms with Crippen molar-refractivity contribution < 1.29 is 41.3 Å². The van der Waals surface area contributed by atoms with Gasteiger partial charge in [0, 0.05) is 41.4 Å². The number of aliphatic carboxylic acids is 1. The normalized spacial score (nSPS) is 16.1. The second-order valence-corrected chi connectivity index (χ2v) is 10.2. The molecule has 2 heterocycles. The maximum Gasteiger partial charge on any atom is 0.303 e. The highest BCUT2D eigenvalue weighted by Gasteiger charge is 2.37. The number of piperidine rings is 1. The summed E-state index contributed by atoms with van der Waals surface area (Å²) in [5, 5.41) is 10.1. The lowest BCUT2D eigenvalue weighted by Gasteiger charge is -2.41. The van der Waals surface area contributed by atoms with E-state index in [-0.39, 0.29) is 36.3 Å². The fourth-order valence-corrected chi connectivity index (χ4v) is 5.41. The van der Waals surface area contributed by atoms with Crippen molar-refractivity contribution in [3.8, 4) is 11.5 Å². The Hall–Kier alpha value is -3.47. The minimum absolute atomic E-state index is 0.0153. The summed E-state index contributed by atoms with van der Waals surface area (Å²) in [6.07, 6.45) is 0.967. The predicted molar refractivity (Wildman–Crippen MR) is 138 cm³/mol. The summed E-state index contributed by atoms with van der Waals surface area (Å²) in [5.74, 6) is -4.85. The van der Waals surface area contributed by atoms with E-state index in [4.69, 9.17) is 9.47 Å². The van der Waals surface area contributed by atoms with E-state index in [1.54, 1.807) is 18.2 Å². The van der Waals surface area contributed by atoms with Crippen molar-refractivity contribution in [2.75, 3.05) is 33.4 Å². The fourth-order valence-electron chi connectivity index (χ4n) is 5.41. The van der Waals surface area contributed by atoms with Gasteiger partial charge in [0.15, 0.2) is 17.5 Å². The highest BCUT2D eigenvalue weighted by molar-refractivity contribution is 5.85. The average molecular weight is 567 g/mol. The van der Waals surface area contributed by atoms with Gasteiger partial charge in [0.2, 0.25) is 0 Å². The number of carbonyl (C=O) groups is 1. The molecule has 0 bridgehead atoms. The molecule has 216 valence electrons. The molecule has 40 heavy (non-hydrogen) atoms. The quantitative estimate of drug-likeness (QED) is 0.198. The number of carboxylic acids is 1. The van der Waals surface area contributed by atoms with Gasteiger partial charge in [0.05, 0.1) is 19.0 Å². The van der Waals surface area contributed by atoms with Crippen LogP contribution in [0.3, 0.4) is 0 Å². The van der Waals surface area contributed by atoms with Gasteiger partial charge in [-0.2, -0.15) is 0 Å². The Morgan fingerprint density at radius 1 is 1.12 bits per heavy atom. The Kier molecular flexibility index (Phi) is 9.44. The van der Waals surface area contributed by atoms with Gasteiger partial charge in [-0.25, -0.2) is 22.0 Å². The number of alkyl halides is 2. The number of rotatable bonds is 12. The molecule has 1 fully saturated rings. The number of halogens is 5. The number of likely N-dealkylation sites (tertiary alicyclic amines) is 1. The fraction of sp³-hybridized carbons (Fsp3) is 0.448. The number of ether oxygens (including phenoxy) is 2. The standard InChI is InChI=1S/C29H31F5N2O4/c1-39-19-2-3-25-21(12-19)27(18(16-30)17-35-25)22(31)4-5-29(15-26(37)38)6-8-36(9-7-29)10-11-40-20-13-23(32)28(34)24(33)14-20/h2-3,12-14,17,22H,4-11,15-16H2,1H3,(H,37,38)/t22-/m1/s1. The van der Waals surface area contributed by atoms with Gasteiger partial charge >= 0.3 is 5.97 Å². The molecule has 11 heteroatoms. The predicted octanol–water partition coefficient (Wildman–Crippen LogP) is 6.56. The van der Waals surface area contributed by atoms with Crippen molar-refractivity contribution in [3.05, 3.63) is 65.1 Å². The van der Waals surface area contributed by atoms with Crippen LogP contribution < -0.4 is 9.47 Å². The van der Waals surface area contributed by atoms with Crippen LogP contribution in [0.1, 0.15) is 49.4 Å². The summed E-state index contributed by atoms with van der Waals surface area (Å²) in [6, 6.07) is 6.55. The summed E-state index contributed by atoms with van der Waals surface area (Å²) in [5.41, 5.74) is 0.224. The molecule has 1 aromatic heterocycles. The van der Waals surface area contributed by atoms with Crippen molar-refractivity contribution in [3.63, 3.8) is 0 Å². The number of methoxy groups -OCH3 is 1. The molecule has 1 aliphatic heterocycles. The monoisotopic (exact) mass is 566 g/mol. The summed E-state index contributed by atoms with van der Waals surface area (Å²) >= 11 is 0. The van der Waals surface area contributed by atoms with Gasteiger partial charge in [-0.05, 0) is 62.4 Å². The number of pyridine rings is 1. The van der Waals surface area contributed by atoms with Gasteiger partial charge < -0.3 is 14.6 Å². The molecule has 0 amide bonds. The molecule has 1 atom stereocenters. The molecule has 0 aliphatic carbocycles. The smallest absolute Gasteiger partial charge is 0.303 e. The van der Waals surface area contributed by atoms with Crippen molar-refractivity contribution in [2.45, 2.75) is 45.0 Å². The number of fused-ring (bicyclic) bond motifs is 1. The van der Waals surface area contributed by atoms with Gasteiger partial charge in [0.25, 0.3) is 0 Å².